The summed E-state index contributed by atoms with van der Waals surface area (Å²) in [5.74, 6) is 0.942. The zero-order valence-electron chi connectivity index (χ0n) is 12.0. The lowest BCUT2D eigenvalue weighted by atomic mass is 10.0. The molecule has 1 atom stereocenters. The average molecular weight is 303 g/mol. The number of likely N-dealkylation sites (N-methyl/N-ethyl adjacent to an activating group) is 1. The van der Waals surface area contributed by atoms with E-state index in [9.17, 15) is 13.2 Å². The van der Waals surface area contributed by atoms with E-state index in [1.807, 2.05) is 12.1 Å². The first kappa shape index (κ1) is 16.1. The van der Waals surface area contributed by atoms with Crippen LogP contribution in [-0.4, -0.2) is 39.1 Å². The van der Waals surface area contributed by atoms with Gasteiger partial charge in [-0.25, -0.2) is 0 Å². The summed E-state index contributed by atoms with van der Waals surface area (Å²) in [5.41, 5.74) is 2.39. The van der Waals surface area contributed by atoms with Crippen LogP contribution in [0.3, 0.4) is 0 Å². The highest BCUT2D eigenvalue weighted by atomic mass is 19.4. The second kappa shape index (κ2) is 7.13. The number of benzene rings is 1. The first-order valence-electron chi connectivity index (χ1n) is 7.04. The van der Waals surface area contributed by atoms with Crippen LogP contribution in [0.5, 0.6) is 5.75 Å². The van der Waals surface area contributed by atoms with Gasteiger partial charge in [0.1, 0.15) is 12.4 Å². The fourth-order valence-corrected chi connectivity index (χ4v) is 2.36. The quantitative estimate of drug-likeness (QED) is 0.840. The van der Waals surface area contributed by atoms with Crippen molar-refractivity contribution < 1.29 is 22.6 Å². The predicted octanol–water partition coefficient (Wildman–Crippen LogP) is 2.72. The monoisotopic (exact) mass is 303 g/mol. The van der Waals surface area contributed by atoms with Gasteiger partial charge in [0.25, 0.3) is 0 Å². The van der Waals surface area contributed by atoms with Crippen molar-refractivity contribution in [1.82, 2.24) is 5.32 Å². The van der Waals surface area contributed by atoms with E-state index < -0.39 is 12.8 Å². The maximum absolute atomic E-state index is 12.0. The van der Waals surface area contributed by atoms with Crippen LogP contribution in [0.1, 0.15) is 17.5 Å². The number of aryl methyl sites for hydroxylation is 1. The SMILES string of the molecule is CNC(CCc1ccc2c(c1)CCO2)COCC(F)(F)F. The molecule has 1 unspecified atom stereocenters. The van der Waals surface area contributed by atoms with Crippen LogP contribution in [-0.2, 0) is 17.6 Å². The summed E-state index contributed by atoms with van der Waals surface area (Å²) < 4.78 is 46.2. The van der Waals surface area contributed by atoms with Crippen molar-refractivity contribution in [1.29, 1.82) is 0 Å². The molecule has 0 aliphatic carbocycles. The van der Waals surface area contributed by atoms with Gasteiger partial charge in [0.05, 0.1) is 13.2 Å². The average Bonchev–Trinajstić information content (AvgIpc) is 2.88. The number of fused-ring (bicyclic) bond motifs is 1. The smallest absolute Gasteiger partial charge is 0.411 e. The summed E-state index contributed by atoms with van der Waals surface area (Å²) in [5, 5.41) is 2.99. The second-order valence-corrected chi connectivity index (χ2v) is 5.20. The minimum Gasteiger partial charge on any atom is -0.493 e. The third-order valence-corrected chi connectivity index (χ3v) is 3.53. The molecule has 2 rings (SSSR count). The van der Waals surface area contributed by atoms with E-state index in [-0.39, 0.29) is 12.6 Å². The lowest BCUT2D eigenvalue weighted by Gasteiger charge is -2.17. The largest absolute Gasteiger partial charge is 0.493 e. The highest BCUT2D eigenvalue weighted by molar-refractivity contribution is 5.39. The minimum absolute atomic E-state index is 0.0596. The molecule has 6 heteroatoms. The number of alkyl halides is 3. The van der Waals surface area contributed by atoms with Gasteiger partial charge >= 0.3 is 6.18 Å². The van der Waals surface area contributed by atoms with Crippen LogP contribution < -0.4 is 10.1 Å². The van der Waals surface area contributed by atoms with Crippen molar-refractivity contribution in [3.8, 4) is 5.75 Å². The standard InChI is InChI=1S/C15H20F3NO2/c1-19-13(9-20-10-15(16,17)18)4-2-11-3-5-14-12(8-11)6-7-21-14/h3,5,8,13,19H,2,4,6-7,9-10H2,1H3. The number of hydrogen-bond acceptors (Lipinski definition) is 3. The number of ether oxygens (including phenoxy) is 2. The molecule has 1 heterocycles. The maximum Gasteiger partial charge on any atom is 0.411 e. The highest BCUT2D eigenvalue weighted by Crippen LogP contribution is 2.26. The molecule has 0 spiro atoms. The third-order valence-electron chi connectivity index (χ3n) is 3.53. The predicted molar refractivity (Wildman–Crippen MR) is 73.7 cm³/mol. The van der Waals surface area contributed by atoms with Gasteiger partial charge < -0.3 is 14.8 Å². The Labute approximate surface area is 122 Å². The molecule has 1 aliphatic heterocycles. The van der Waals surface area contributed by atoms with E-state index in [1.54, 1.807) is 7.05 Å². The van der Waals surface area contributed by atoms with Crippen molar-refractivity contribution >= 4 is 0 Å². The Morgan fingerprint density at radius 1 is 1.38 bits per heavy atom. The molecule has 1 aromatic carbocycles. The molecule has 1 N–H and O–H groups in total. The highest BCUT2D eigenvalue weighted by Gasteiger charge is 2.27. The number of halogens is 3. The Kier molecular flexibility index (Phi) is 5.47. The number of nitrogens with one attached hydrogen (secondary N) is 1. The maximum atomic E-state index is 12.0. The summed E-state index contributed by atoms with van der Waals surface area (Å²) in [7, 11) is 1.73. The van der Waals surface area contributed by atoms with Crippen molar-refractivity contribution in [3.63, 3.8) is 0 Å². The number of rotatable bonds is 7. The van der Waals surface area contributed by atoms with E-state index in [1.165, 1.54) is 11.1 Å². The Morgan fingerprint density at radius 2 is 2.19 bits per heavy atom. The van der Waals surface area contributed by atoms with Crippen molar-refractivity contribution in [2.24, 2.45) is 0 Å². The zero-order chi connectivity index (χ0) is 15.3. The van der Waals surface area contributed by atoms with E-state index in [0.717, 1.165) is 31.6 Å². The van der Waals surface area contributed by atoms with Crippen LogP contribution in [0.25, 0.3) is 0 Å². The molecule has 0 amide bonds. The zero-order valence-corrected chi connectivity index (χ0v) is 12.0. The van der Waals surface area contributed by atoms with Crippen LogP contribution in [0.4, 0.5) is 13.2 Å². The minimum atomic E-state index is -4.27. The van der Waals surface area contributed by atoms with Gasteiger partial charge in [-0.3, -0.25) is 0 Å². The molecule has 0 saturated heterocycles. The van der Waals surface area contributed by atoms with E-state index in [0.29, 0.717) is 0 Å². The molecule has 0 radical (unpaired) electrons. The lowest BCUT2D eigenvalue weighted by molar-refractivity contribution is -0.175. The Bertz CT molecular complexity index is 463. The Balaban J connectivity index is 1.77. The van der Waals surface area contributed by atoms with Gasteiger partial charge in [-0.15, -0.1) is 0 Å². The van der Waals surface area contributed by atoms with Crippen LogP contribution >= 0.6 is 0 Å². The molecule has 1 aliphatic rings. The first-order chi connectivity index (χ1) is 9.98. The van der Waals surface area contributed by atoms with Gasteiger partial charge in [0.15, 0.2) is 0 Å². The fraction of sp³-hybridized carbons (Fsp3) is 0.600. The molecule has 3 nitrogen and oxygen atoms in total. The third kappa shape index (κ3) is 5.21. The van der Waals surface area contributed by atoms with Crippen LogP contribution in [0.2, 0.25) is 0 Å². The van der Waals surface area contributed by atoms with E-state index in [2.05, 4.69) is 11.4 Å². The van der Waals surface area contributed by atoms with Gasteiger partial charge in [0, 0.05) is 12.5 Å². The Hall–Kier alpha value is -1.27. The topological polar surface area (TPSA) is 30.5 Å². The summed E-state index contributed by atoms with van der Waals surface area (Å²) in [6.07, 6.45) is -1.81. The Morgan fingerprint density at radius 3 is 2.90 bits per heavy atom. The summed E-state index contributed by atoms with van der Waals surface area (Å²) >= 11 is 0. The molecular weight excluding hydrogens is 283 g/mol. The van der Waals surface area contributed by atoms with Gasteiger partial charge in [-0.05, 0) is 37.1 Å². The summed E-state index contributed by atoms with van der Waals surface area (Å²) in [6.45, 7) is -0.408. The molecular formula is C15H20F3NO2. The lowest BCUT2D eigenvalue weighted by Crippen LogP contribution is -2.32. The molecule has 0 aromatic heterocycles. The van der Waals surface area contributed by atoms with Gasteiger partial charge in [0.2, 0.25) is 0 Å². The molecule has 0 saturated carbocycles. The molecule has 21 heavy (non-hydrogen) atoms. The van der Waals surface area contributed by atoms with E-state index in [4.69, 9.17) is 9.47 Å². The molecule has 0 bridgehead atoms. The summed E-state index contributed by atoms with van der Waals surface area (Å²) in [4.78, 5) is 0. The molecule has 0 fully saturated rings. The van der Waals surface area contributed by atoms with Gasteiger partial charge in [-0.2, -0.15) is 13.2 Å². The van der Waals surface area contributed by atoms with Crippen molar-refractivity contribution in [3.05, 3.63) is 29.3 Å². The molecule has 1 aromatic rings. The van der Waals surface area contributed by atoms with Crippen molar-refractivity contribution in [2.75, 3.05) is 26.9 Å². The van der Waals surface area contributed by atoms with E-state index >= 15 is 0 Å². The number of hydrogen-bond donors (Lipinski definition) is 1. The van der Waals surface area contributed by atoms with Gasteiger partial charge in [-0.1, -0.05) is 12.1 Å². The normalized spacial score (nSPS) is 15.6. The summed E-state index contributed by atoms with van der Waals surface area (Å²) in [6, 6.07) is 6.00. The molecule has 118 valence electrons. The van der Waals surface area contributed by atoms with Crippen LogP contribution in [0.15, 0.2) is 18.2 Å². The fourth-order valence-electron chi connectivity index (χ4n) is 2.36. The first-order valence-corrected chi connectivity index (χ1v) is 7.04. The van der Waals surface area contributed by atoms with Crippen molar-refractivity contribution in [2.45, 2.75) is 31.5 Å². The van der Waals surface area contributed by atoms with Crippen LogP contribution in [0, 0.1) is 0 Å². The second-order valence-electron chi connectivity index (χ2n) is 5.20.